The molecule has 0 fully saturated rings. The minimum atomic E-state index is -3.69. The van der Waals surface area contributed by atoms with Crippen LogP contribution in [0.1, 0.15) is 38.3 Å². The fraction of sp³-hybridized carbons (Fsp3) is 0.600. The van der Waals surface area contributed by atoms with E-state index in [1.54, 1.807) is 13.8 Å². The van der Waals surface area contributed by atoms with E-state index < -0.39 is 15.8 Å². The van der Waals surface area contributed by atoms with Crippen LogP contribution >= 0.6 is 11.6 Å². The predicted molar refractivity (Wildman–Crippen MR) is 84.8 cm³/mol. The zero-order valence-corrected chi connectivity index (χ0v) is 14.7. The van der Waals surface area contributed by atoms with Crippen molar-refractivity contribution >= 4 is 21.6 Å². The standard InChI is InChI=1S/C15H23ClFNO2S/c1-10-6-13(17)7-11(2)14(10)21(19,20)18-9-12(16)8-15(3,4)5/h6-7,12,18H,8-9H2,1-5H3. The van der Waals surface area contributed by atoms with E-state index in [0.29, 0.717) is 17.5 Å². The number of nitrogens with one attached hydrogen (secondary N) is 1. The molecular weight excluding hydrogens is 313 g/mol. The van der Waals surface area contributed by atoms with Crippen LogP contribution in [0.5, 0.6) is 0 Å². The van der Waals surface area contributed by atoms with E-state index in [9.17, 15) is 12.8 Å². The monoisotopic (exact) mass is 335 g/mol. The lowest BCUT2D eigenvalue weighted by Gasteiger charge is -2.22. The molecule has 1 unspecified atom stereocenters. The summed E-state index contributed by atoms with van der Waals surface area (Å²) in [6.07, 6.45) is 0.693. The molecule has 0 radical (unpaired) electrons. The molecule has 1 aromatic carbocycles. The minimum Gasteiger partial charge on any atom is -0.210 e. The maximum absolute atomic E-state index is 13.3. The van der Waals surface area contributed by atoms with Gasteiger partial charge in [-0.05, 0) is 48.9 Å². The van der Waals surface area contributed by atoms with Crippen LogP contribution in [0.15, 0.2) is 17.0 Å². The van der Waals surface area contributed by atoms with E-state index in [1.165, 1.54) is 12.1 Å². The van der Waals surface area contributed by atoms with E-state index in [4.69, 9.17) is 11.6 Å². The van der Waals surface area contributed by atoms with E-state index >= 15 is 0 Å². The van der Waals surface area contributed by atoms with Crippen molar-refractivity contribution in [3.05, 3.63) is 29.1 Å². The van der Waals surface area contributed by atoms with Crippen LogP contribution in [0.3, 0.4) is 0 Å². The Morgan fingerprint density at radius 3 is 2.14 bits per heavy atom. The van der Waals surface area contributed by atoms with E-state index in [-0.39, 0.29) is 22.2 Å². The molecule has 3 nitrogen and oxygen atoms in total. The van der Waals surface area contributed by atoms with Gasteiger partial charge < -0.3 is 0 Å². The van der Waals surface area contributed by atoms with Crippen LogP contribution in [0.25, 0.3) is 0 Å². The molecule has 1 aromatic rings. The molecule has 0 aromatic heterocycles. The number of halogens is 2. The molecule has 0 saturated carbocycles. The van der Waals surface area contributed by atoms with Crippen molar-refractivity contribution in [2.45, 2.75) is 51.3 Å². The molecule has 0 aliphatic carbocycles. The third-order valence-electron chi connectivity index (χ3n) is 3.02. The molecule has 1 rings (SSSR count). The van der Waals surface area contributed by atoms with Crippen LogP contribution in [0.2, 0.25) is 0 Å². The highest BCUT2D eigenvalue weighted by Gasteiger charge is 2.23. The average molecular weight is 336 g/mol. The zero-order valence-electron chi connectivity index (χ0n) is 13.1. The largest absolute Gasteiger partial charge is 0.241 e. The Bertz CT molecular complexity index is 586. The van der Waals surface area contributed by atoms with Crippen molar-refractivity contribution in [2.75, 3.05) is 6.54 Å². The van der Waals surface area contributed by atoms with Crippen LogP contribution < -0.4 is 4.72 Å². The Balaban J connectivity index is 2.89. The smallest absolute Gasteiger partial charge is 0.210 e. The summed E-state index contributed by atoms with van der Waals surface area (Å²) in [5, 5.41) is -0.291. The Morgan fingerprint density at radius 2 is 1.71 bits per heavy atom. The third kappa shape index (κ3) is 5.57. The highest BCUT2D eigenvalue weighted by atomic mass is 35.5. The summed E-state index contributed by atoms with van der Waals surface area (Å²) in [6, 6.07) is 2.43. The lowest BCUT2D eigenvalue weighted by molar-refractivity contribution is 0.369. The van der Waals surface area contributed by atoms with Gasteiger partial charge in [0.2, 0.25) is 10.0 Å². The second kappa shape index (κ2) is 6.63. The van der Waals surface area contributed by atoms with Gasteiger partial charge in [0.25, 0.3) is 0 Å². The van der Waals surface area contributed by atoms with Gasteiger partial charge in [-0.3, -0.25) is 0 Å². The number of hydrogen-bond donors (Lipinski definition) is 1. The first-order chi connectivity index (χ1) is 9.42. The van der Waals surface area contributed by atoms with Crippen molar-refractivity contribution in [3.8, 4) is 0 Å². The van der Waals surface area contributed by atoms with E-state index in [2.05, 4.69) is 4.72 Å². The van der Waals surface area contributed by atoms with Gasteiger partial charge in [-0.1, -0.05) is 20.8 Å². The number of rotatable bonds is 5. The molecule has 0 bridgehead atoms. The summed E-state index contributed by atoms with van der Waals surface area (Å²) in [5.74, 6) is -0.438. The fourth-order valence-corrected chi connectivity index (χ4v) is 4.49. The lowest BCUT2D eigenvalue weighted by atomic mass is 9.90. The Morgan fingerprint density at radius 1 is 1.24 bits per heavy atom. The van der Waals surface area contributed by atoms with Gasteiger partial charge in [0, 0.05) is 11.9 Å². The quantitative estimate of drug-likeness (QED) is 0.833. The highest BCUT2D eigenvalue weighted by Crippen LogP contribution is 2.24. The van der Waals surface area contributed by atoms with Crippen molar-refractivity contribution in [1.29, 1.82) is 0 Å². The van der Waals surface area contributed by atoms with Crippen LogP contribution in [-0.2, 0) is 10.0 Å². The first kappa shape index (κ1) is 18.4. The zero-order chi connectivity index (χ0) is 16.4. The summed E-state index contributed by atoms with van der Waals surface area (Å²) >= 11 is 6.18. The molecule has 21 heavy (non-hydrogen) atoms. The van der Waals surface area contributed by atoms with Gasteiger partial charge in [-0.15, -0.1) is 11.6 Å². The molecule has 6 heteroatoms. The van der Waals surface area contributed by atoms with Crippen molar-refractivity contribution in [2.24, 2.45) is 5.41 Å². The minimum absolute atomic E-state index is 0.0273. The number of sulfonamides is 1. The molecule has 0 amide bonds. The van der Waals surface area contributed by atoms with Crippen LogP contribution in [-0.4, -0.2) is 20.3 Å². The van der Waals surface area contributed by atoms with Gasteiger partial charge in [0.05, 0.1) is 4.90 Å². The molecule has 0 spiro atoms. The first-order valence-corrected chi connectivity index (χ1v) is 8.75. The molecule has 0 aliphatic rings. The molecular formula is C15H23ClFNO2S. The topological polar surface area (TPSA) is 46.2 Å². The average Bonchev–Trinajstić information content (AvgIpc) is 2.22. The second-order valence-electron chi connectivity index (χ2n) is 6.58. The van der Waals surface area contributed by atoms with E-state index in [0.717, 1.165) is 0 Å². The Kier molecular flexibility index (Phi) is 5.81. The normalized spacial score (nSPS) is 14.2. The summed E-state index contributed by atoms with van der Waals surface area (Å²) in [4.78, 5) is 0.128. The van der Waals surface area contributed by atoms with Crippen LogP contribution in [0, 0.1) is 25.1 Å². The molecule has 1 atom stereocenters. The molecule has 0 heterocycles. The van der Waals surface area contributed by atoms with Gasteiger partial charge in [0.15, 0.2) is 0 Å². The summed E-state index contributed by atoms with van der Waals surface area (Å²) in [5.41, 5.74) is 0.809. The first-order valence-electron chi connectivity index (χ1n) is 6.83. The van der Waals surface area contributed by atoms with Gasteiger partial charge in [-0.25, -0.2) is 17.5 Å². The highest BCUT2D eigenvalue weighted by molar-refractivity contribution is 7.89. The van der Waals surface area contributed by atoms with Gasteiger partial charge in [-0.2, -0.15) is 0 Å². The summed E-state index contributed by atoms with van der Waals surface area (Å²) in [6.45, 7) is 9.45. The van der Waals surface area contributed by atoms with Crippen molar-refractivity contribution < 1.29 is 12.8 Å². The predicted octanol–water partition coefficient (Wildman–Crippen LogP) is 3.76. The fourth-order valence-electron chi connectivity index (χ4n) is 2.33. The summed E-state index contributed by atoms with van der Waals surface area (Å²) < 4.78 is 40.5. The summed E-state index contributed by atoms with van der Waals surface area (Å²) in [7, 11) is -3.69. The Hall–Kier alpha value is -0.650. The van der Waals surface area contributed by atoms with Crippen molar-refractivity contribution in [3.63, 3.8) is 0 Å². The van der Waals surface area contributed by atoms with Gasteiger partial charge in [0.1, 0.15) is 5.82 Å². The Labute approximate surface area is 131 Å². The molecule has 1 N–H and O–H groups in total. The SMILES string of the molecule is Cc1cc(F)cc(C)c1S(=O)(=O)NCC(Cl)CC(C)(C)C. The number of benzene rings is 1. The lowest BCUT2D eigenvalue weighted by Crippen LogP contribution is -2.32. The van der Waals surface area contributed by atoms with Crippen molar-refractivity contribution in [1.82, 2.24) is 4.72 Å². The number of hydrogen-bond acceptors (Lipinski definition) is 2. The maximum atomic E-state index is 13.3. The molecule has 0 saturated heterocycles. The van der Waals surface area contributed by atoms with Crippen LogP contribution in [0.4, 0.5) is 4.39 Å². The van der Waals surface area contributed by atoms with Gasteiger partial charge >= 0.3 is 0 Å². The molecule has 120 valence electrons. The second-order valence-corrected chi connectivity index (χ2v) is 8.90. The number of alkyl halides is 1. The molecule has 0 aliphatic heterocycles. The maximum Gasteiger partial charge on any atom is 0.241 e. The number of aryl methyl sites for hydroxylation is 2. The van der Waals surface area contributed by atoms with E-state index in [1.807, 2.05) is 20.8 Å². The third-order valence-corrected chi connectivity index (χ3v) is 5.06.